The molecule has 4 rings (SSSR count). The molecule has 1 aromatic heterocycles. The standard InChI is InChI=1S/C22H21N3O3/c1-13-15-11-7-8-12-16(15)23-19(13)17(14-9-5-4-6-10-14)18-20(26)24(2)22(28)25(3)21(18)27/h4-12,17-18,23H,1-3H3. The lowest BCUT2D eigenvalue weighted by atomic mass is 9.79. The first-order valence-electron chi connectivity index (χ1n) is 9.13. The maximum atomic E-state index is 13.0. The van der Waals surface area contributed by atoms with Crippen molar-refractivity contribution >= 4 is 28.7 Å². The highest BCUT2D eigenvalue weighted by molar-refractivity contribution is 6.16. The molecule has 1 saturated heterocycles. The van der Waals surface area contributed by atoms with Crippen LogP contribution in [0.25, 0.3) is 10.9 Å². The summed E-state index contributed by atoms with van der Waals surface area (Å²) in [5, 5.41) is 1.05. The molecular weight excluding hydrogens is 354 g/mol. The monoisotopic (exact) mass is 375 g/mol. The number of fused-ring (bicyclic) bond motifs is 1. The van der Waals surface area contributed by atoms with Crippen molar-refractivity contribution in [2.45, 2.75) is 12.8 Å². The highest BCUT2D eigenvalue weighted by Gasteiger charge is 2.48. The second-order valence-electron chi connectivity index (χ2n) is 7.15. The fourth-order valence-corrected chi connectivity index (χ4v) is 4.02. The van der Waals surface area contributed by atoms with Gasteiger partial charge in [-0.1, -0.05) is 48.5 Å². The van der Waals surface area contributed by atoms with Crippen LogP contribution >= 0.6 is 0 Å². The third-order valence-corrected chi connectivity index (χ3v) is 5.57. The molecule has 28 heavy (non-hydrogen) atoms. The average molecular weight is 375 g/mol. The number of hydrogen-bond donors (Lipinski definition) is 1. The van der Waals surface area contributed by atoms with Crippen LogP contribution in [0.15, 0.2) is 54.6 Å². The van der Waals surface area contributed by atoms with Crippen LogP contribution in [-0.4, -0.2) is 46.7 Å². The van der Waals surface area contributed by atoms with Gasteiger partial charge < -0.3 is 4.98 Å². The number of barbiturate groups is 1. The quantitative estimate of drug-likeness (QED) is 0.714. The Morgan fingerprint density at radius 2 is 1.43 bits per heavy atom. The largest absolute Gasteiger partial charge is 0.358 e. The molecule has 3 aromatic rings. The predicted molar refractivity (Wildman–Crippen MR) is 106 cm³/mol. The zero-order chi connectivity index (χ0) is 20.0. The van der Waals surface area contributed by atoms with Crippen LogP contribution in [0, 0.1) is 12.8 Å². The lowest BCUT2D eigenvalue weighted by molar-refractivity contribution is -0.148. The summed E-state index contributed by atoms with van der Waals surface area (Å²) in [6.45, 7) is 1.99. The molecule has 0 spiro atoms. The molecule has 1 fully saturated rings. The van der Waals surface area contributed by atoms with Gasteiger partial charge in [-0.3, -0.25) is 19.4 Å². The number of rotatable bonds is 3. The SMILES string of the molecule is Cc1c(C(c2ccccc2)C2C(=O)N(C)C(=O)N(C)C2=O)[nH]c2ccccc12. The van der Waals surface area contributed by atoms with E-state index in [2.05, 4.69) is 4.98 Å². The van der Waals surface area contributed by atoms with Gasteiger partial charge in [-0.05, 0) is 24.1 Å². The van der Waals surface area contributed by atoms with E-state index in [9.17, 15) is 14.4 Å². The topological polar surface area (TPSA) is 73.5 Å². The Morgan fingerprint density at radius 3 is 2.04 bits per heavy atom. The first kappa shape index (κ1) is 18.0. The van der Waals surface area contributed by atoms with E-state index in [-0.39, 0.29) is 0 Å². The molecule has 6 heteroatoms. The lowest BCUT2D eigenvalue weighted by Crippen LogP contribution is -2.58. The van der Waals surface area contributed by atoms with Crippen molar-refractivity contribution in [3.8, 4) is 0 Å². The van der Waals surface area contributed by atoms with Crippen LogP contribution in [0.2, 0.25) is 0 Å². The molecule has 6 nitrogen and oxygen atoms in total. The minimum atomic E-state index is -1.01. The third kappa shape index (κ3) is 2.60. The Morgan fingerprint density at radius 1 is 0.857 bits per heavy atom. The summed E-state index contributed by atoms with van der Waals surface area (Å²) in [4.78, 5) is 43.8. The highest BCUT2D eigenvalue weighted by Crippen LogP contribution is 2.39. The van der Waals surface area contributed by atoms with Gasteiger partial charge in [-0.15, -0.1) is 0 Å². The molecule has 2 aromatic carbocycles. The smallest absolute Gasteiger partial charge is 0.332 e. The fourth-order valence-electron chi connectivity index (χ4n) is 4.02. The third-order valence-electron chi connectivity index (χ3n) is 5.57. The van der Waals surface area contributed by atoms with E-state index in [4.69, 9.17) is 0 Å². The Hall–Kier alpha value is -3.41. The predicted octanol–water partition coefficient (Wildman–Crippen LogP) is 3.27. The molecule has 0 aliphatic carbocycles. The van der Waals surface area contributed by atoms with E-state index in [0.717, 1.165) is 37.5 Å². The molecule has 0 radical (unpaired) electrons. The summed E-state index contributed by atoms with van der Waals surface area (Å²) >= 11 is 0. The van der Waals surface area contributed by atoms with Crippen molar-refractivity contribution in [2.75, 3.05) is 14.1 Å². The Balaban J connectivity index is 1.94. The fraction of sp³-hybridized carbons (Fsp3) is 0.227. The number of urea groups is 1. The first-order chi connectivity index (χ1) is 13.4. The summed E-state index contributed by atoms with van der Waals surface area (Å²) in [5.74, 6) is -2.51. The second-order valence-corrected chi connectivity index (χ2v) is 7.15. The van der Waals surface area contributed by atoms with Crippen LogP contribution in [-0.2, 0) is 9.59 Å². The van der Waals surface area contributed by atoms with Crippen LogP contribution in [0.1, 0.15) is 22.7 Å². The number of nitrogens with one attached hydrogen (secondary N) is 1. The van der Waals surface area contributed by atoms with Gasteiger partial charge >= 0.3 is 6.03 Å². The summed E-state index contributed by atoms with van der Waals surface area (Å²) in [7, 11) is 2.83. The number of amides is 4. The van der Waals surface area contributed by atoms with Gasteiger partial charge in [0.1, 0.15) is 5.92 Å². The van der Waals surface area contributed by atoms with E-state index >= 15 is 0 Å². The van der Waals surface area contributed by atoms with Crippen molar-refractivity contribution in [3.63, 3.8) is 0 Å². The molecule has 1 N–H and O–H groups in total. The van der Waals surface area contributed by atoms with Gasteiger partial charge in [0.2, 0.25) is 11.8 Å². The van der Waals surface area contributed by atoms with Gasteiger partial charge in [0.25, 0.3) is 0 Å². The number of para-hydroxylation sites is 1. The maximum Gasteiger partial charge on any atom is 0.332 e. The zero-order valence-corrected chi connectivity index (χ0v) is 16.0. The summed E-state index contributed by atoms with van der Waals surface area (Å²) < 4.78 is 0. The van der Waals surface area contributed by atoms with Crippen molar-refractivity contribution in [2.24, 2.45) is 5.92 Å². The molecule has 1 aliphatic heterocycles. The molecule has 1 unspecified atom stereocenters. The zero-order valence-electron chi connectivity index (χ0n) is 16.0. The van der Waals surface area contributed by atoms with E-state index in [1.165, 1.54) is 14.1 Å². The normalized spacial score (nSPS) is 16.9. The van der Waals surface area contributed by atoms with Crippen LogP contribution in [0.3, 0.4) is 0 Å². The van der Waals surface area contributed by atoms with Crippen LogP contribution < -0.4 is 0 Å². The van der Waals surface area contributed by atoms with Gasteiger partial charge in [0, 0.05) is 36.6 Å². The van der Waals surface area contributed by atoms with Crippen molar-refractivity contribution in [1.82, 2.24) is 14.8 Å². The molecule has 0 saturated carbocycles. The van der Waals surface area contributed by atoms with E-state index in [1.54, 1.807) is 0 Å². The van der Waals surface area contributed by atoms with Crippen LogP contribution in [0.4, 0.5) is 4.79 Å². The molecule has 1 atom stereocenters. The van der Waals surface area contributed by atoms with Gasteiger partial charge in [0.05, 0.1) is 0 Å². The number of benzene rings is 2. The first-order valence-corrected chi connectivity index (χ1v) is 9.13. The number of imide groups is 2. The molecule has 0 bridgehead atoms. The number of H-pyrrole nitrogens is 1. The number of hydrogen-bond acceptors (Lipinski definition) is 3. The summed E-state index contributed by atoms with van der Waals surface area (Å²) in [6.07, 6.45) is 0. The number of aromatic nitrogens is 1. The summed E-state index contributed by atoms with van der Waals surface area (Å²) in [5.41, 5.74) is 3.60. The second kappa shape index (κ2) is 6.64. The Kier molecular flexibility index (Phi) is 4.26. The van der Waals surface area contributed by atoms with Gasteiger partial charge in [-0.2, -0.15) is 0 Å². The molecular formula is C22H21N3O3. The minimum Gasteiger partial charge on any atom is -0.358 e. The number of aryl methyl sites for hydroxylation is 1. The Labute approximate surface area is 162 Å². The van der Waals surface area contributed by atoms with Crippen LogP contribution in [0.5, 0.6) is 0 Å². The van der Waals surface area contributed by atoms with Gasteiger partial charge in [-0.25, -0.2) is 4.79 Å². The van der Waals surface area contributed by atoms with Crippen molar-refractivity contribution < 1.29 is 14.4 Å². The number of nitrogens with zero attached hydrogens (tertiary/aromatic N) is 2. The van der Waals surface area contributed by atoms with Crippen molar-refractivity contribution in [1.29, 1.82) is 0 Å². The number of carbonyl (C=O) groups is 3. The lowest BCUT2D eigenvalue weighted by Gasteiger charge is -2.36. The molecule has 2 heterocycles. The molecule has 142 valence electrons. The molecule has 1 aliphatic rings. The van der Waals surface area contributed by atoms with E-state index < -0.39 is 29.7 Å². The molecule has 4 amide bonds. The van der Waals surface area contributed by atoms with Crippen molar-refractivity contribution in [3.05, 3.63) is 71.4 Å². The summed E-state index contributed by atoms with van der Waals surface area (Å²) in [6, 6.07) is 16.8. The van der Waals surface area contributed by atoms with E-state index in [0.29, 0.717) is 0 Å². The van der Waals surface area contributed by atoms with Gasteiger partial charge in [0.15, 0.2) is 0 Å². The average Bonchev–Trinajstić information content (AvgIpc) is 3.05. The maximum absolute atomic E-state index is 13.0. The van der Waals surface area contributed by atoms with E-state index in [1.807, 2.05) is 61.5 Å². The highest BCUT2D eigenvalue weighted by atomic mass is 16.2. The number of aromatic amines is 1. The Bertz CT molecular complexity index is 1060. The number of carbonyl (C=O) groups excluding carboxylic acids is 3. The minimum absolute atomic E-state index is 0.486.